The number of nitrogens with one attached hydrogen (secondary N) is 2. The fourth-order valence-corrected chi connectivity index (χ4v) is 2.93. The highest BCUT2D eigenvalue weighted by atomic mass is 35.5. The molecule has 0 aliphatic carbocycles. The monoisotopic (exact) mass is 452 g/mol. The zero-order chi connectivity index (χ0) is 20.3. The molecule has 30 heavy (non-hydrogen) atoms. The molecule has 0 aliphatic heterocycles. The summed E-state index contributed by atoms with van der Waals surface area (Å²) in [5.74, 6) is -0.617. The highest BCUT2D eigenvalue weighted by molar-refractivity contribution is 6.10. The van der Waals surface area contributed by atoms with Crippen LogP contribution in [0.5, 0.6) is 0 Å². The Bertz CT molecular complexity index is 1040. The summed E-state index contributed by atoms with van der Waals surface area (Å²) in [4.78, 5) is 29.8. The maximum atomic E-state index is 12.9. The molecule has 8 nitrogen and oxygen atoms in total. The van der Waals surface area contributed by atoms with Crippen molar-refractivity contribution in [2.45, 2.75) is 26.8 Å². The number of nitrogens with zero attached hydrogens (tertiary/aromatic N) is 3. The number of anilines is 1. The maximum absolute atomic E-state index is 12.9. The van der Waals surface area contributed by atoms with Crippen LogP contribution in [0, 0.1) is 6.92 Å². The van der Waals surface area contributed by atoms with Gasteiger partial charge in [-0.05, 0) is 39.0 Å². The topological polar surface area (TPSA) is 115 Å². The summed E-state index contributed by atoms with van der Waals surface area (Å²) in [5, 5.41) is 10.7. The smallest absolute Gasteiger partial charge is 0.257 e. The molecule has 2 heterocycles. The molecule has 3 aromatic rings. The lowest BCUT2D eigenvalue weighted by Gasteiger charge is -2.12. The normalized spacial score (nSPS) is 10.3. The van der Waals surface area contributed by atoms with Crippen molar-refractivity contribution in [2.24, 2.45) is 5.73 Å². The van der Waals surface area contributed by atoms with Gasteiger partial charge in [0.25, 0.3) is 11.8 Å². The molecule has 4 N–H and O–H groups in total. The van der Waals surface area contributed by atoms with E-state index in [-0.39, 0.29) is 42.7 Å². The minimum atomic E-state index is -0.330. The van der Waals surface area contributed by atoms with Gasteiger partial charge in [-0.15, -0.1) is 24.8 Å². The molecule has 0 unspecified atom stereocenters. The van der Waals surface area contributed by atoms with Crippen LogP contribution in [0.25, 0.3) is 11.0 Å². The van der Waals surface area contributed by atoms with Gasteiger partial charge in [0.15, 0.2) is 5.65 Å². The fraction of sp³-hybridized carbons (Fsp3) is 0.300. The summed E-state index contributed by atoms with van der Waals surface area (Å²) in [6.45, 7) is 6.54. The van der Waals surface area contributed by atoms with Crippen molar-refractivity contribution in [2.75, 3.05) is 18.4 Å². The third kappa shape index (κ3) is 5.27. The van der Waals surface area contributed by atoms with Gasteiger partial charge in [-0.1, -0.05) is 12.1 Å². The number of fused-ring (bicyclic) bond motifs is 1. The molecule has 0 atom stereocenters. The number of aromatic nitrogens is 3. The Morgan fingerprint density at radius 3 is 2.50 bits per heavy atom. The zero-order valence-corrected chi connectivity index (χ0v) is 18.6. The molecule has 10 heteroatoms. The second-order valence-corrected chi connectivity index (χ2v) is 6.76. The zero-order valence-electron chi connectivity index (χ0n) is 17.0. The number of hydrogen-bond donors (Lipinski definition) is 3. The van der Waals surface area contributed by atoms with Crippen molar-refractivity contribution < 1.29 is 9.59 Å². The number of nitrogens with two attached hydrogens (primary N) is 1. The van der Waals surface area contributed by atoms with E-state index in [1.807, 2.05) is 18.5 Å². The van der Waals surface area contributed by atoms with Crippen LogP contribution in [0.3, 0.4) is 0 Å². The number of halogens is 2. The molecule has 0 radical (unpaired) electrons. The Labute approximate surface area is 187 Å². The lowest BCUT2D eigenvalue weighted by molar-refractivity contribution is 0.0955. The molecule has 2 amide bonds. The van der Waals surface area contributed by atoms with E-state index in [4.69, 9.17) is 5.73 Å². The molecule has 162 valence electrons. The Morgan fingerprint density at radius 2 is 1.83 bits per heavy atom. The third-order valence-corrected chi connectivity index (χ3v) is 4.34. The van der Waals surface area contributed by atoms with Crippen molar-refractivity contribution >= 4 is 53.3 Å². The van der Waals surface area contributed by atoms with Crippen molar-refractivity contribution in [1.82, 2.24) is 20.1 Å². The van der Waals surface area contributed by atoms with Gasteiger partial charge in [0.2, 0.25) is 0 Å². The maximum Gasteiger partial charge on any atom is 0.257 e. The van der Waals surface area contributed by atoms with Crippen LogP contribution in [-0.4, -0.2) is 39.7 Å². The average Bonchev–Trinajstić information content (AvgIpc) is 3.08. The molecule has 0 saturated carbocycles. The molecule has 1 aromatic carbocycles. The van der Waals surface area contributed by atoms with Crippen LogP contribution in [0.2, 0.25) is 0 Å². The summed E-state index contributed by atoms with van der Waals surface area (Å²) < 4.78 is 1.82. The van der Waals surface area contributed by atoms with Crippen LogP contribution in [-0.2, 0) is 0 Å². The Morgan fingerprint density at radius 1 is 1.13 bits per heavy atom. The highest BCUT2D eigenvalue weighted by Gasteiger charge is 2.18. The fourth-order valence-electron chi connectivity index (χ4n) is 2.93. The quantitative estimate of drug-likeness (QED) is 0.531. The summed E-state index contributed by atoms with van der Waals surface area (Å²) in [5.41, 5.74) is 8.02. The van der Waals surface area contributed by atoms with Crippen molar-refractivity contribution in [3.8, 4) is 0 Å². The summed E-state index contributed by atoms with van der Waals surface area (Å²) in [7, 11) is 0. The number of carbonyl (C=O) groups excluding carboxylic acids is 2. The standard InChI is InChI=1S/C20H24N6O2.2ClH/c1-12(2)26-18-14(11-23-26)10-16(13(3)24-18)20(28)25-17-7-5-4-6-15(17)19(27)22-9-8-21;;/h4-7,10-12H,8-9,21H2,1-3H3,(H,22,27)(H,25,28);2*1H. The summed E-state index contributed by atoms with van der Waals surface area (Å²) >= 11 is 0. The number of amides is 2. The first-order chi connectivity index (χ1) is 13.4. The summed E-state index contributed by atoms with van der Waals surface area (Å²) in [6.07, 6.45) is 1.70. The van der Waals surface area contributed by atoms with Gasteiger partial charge in [0, 0.05) is 24.5 Å². The van der Waals surface area contributed by atoms with Crippen molar-refractivity contribution in [3.63, 3.8) is 0 Å². The Balaban J connectivity index is 0.00000225. The minimum Gasteiger partial charge on any atom is -0.351 e. The molecule has 0 spiro atoms. The lowest BCUT2D eigenvalue weighted by Crippen LogP contribution is -2.30. The van der Waals surface area contributed by atoms with Crippen LogP contribution in [0.1, 0.15) is 46.3 Å². The Hall–Kier alpha value is -2.68. The number of carbonyl (C=O) groups is 2. The Kier molecular flexibility index (Phi) is 9.22. The van der Waals surface area contributed by atoms with Gasteiger partial charge in [0.05, 0.1) is 28.7 Å². The van der Waals surface area contributed by atoms with E-state index in [0.29, 0.717) is 35.6 Å². The van der Waals surface area contributed by atoms with E-state index >= 15 is 0 Å². The van der Waals surface area contributed by atoms with Crippen LogP contribution in [0.4, 0.5) is 5.69 Å². The first-order valence-corrected chi connectivity index (χ1v) is 9.16. The molecule has 2 aromatic heterocycles. The van der Waals surface area contributed by atoms with Crippen LogP contribution in [0.15, 0.2) is 36.5 Å². The number of aryl methyl sites for hydroxylation is 1. The van der Waals surface area contributed by atoms with Gasteiger partial charge in [-0.3, -0.25) is 9.59 Å². The molecule has 0 fully saturated rings. The van der Waals surface area contributed by atoms with E-state index in [1.54, 1.807) is 43.5 Å². The molecule has 3 rings (SSSR count). The second kappa shape index (κ2) is 10.9. The highest BCUT2D eigenvalue weighted by Crippen LogP contribution is 2.21. The van der Waals surface area contributed by atoms with E-state index < -0.39 is 0 Å². The van der Waals surface area contributed by atoms with Gasteiger partial charge in [-0.2, -0.15) is 5.10 Å². The number of benzene rings is 1. The number of rotatable bonds is 6. The first-order valence-electron chi connectivity index (χ1n) is 9.16. The predicted octanol–water partition coefficient (Wildman–Crippen LogP) is 3.11. The molecule has 0 aliphatic rings. The van der Waals surface area contributed by atoms with Crippen LogP contribution < -0.4 is 16.4 Å². The lowest BCUT2D eigenvalue weighted by atomic mass is 10.1. The van der Waals surface area contributed by atoms with Crippen LogP contribution >= 0.6 is 24.8 Å². The number of pyridine rings is 1. The van der Waals surface area contributed by atoms with E-state index in [0.717, 1.165) is 11.0 Å². The van der Waals surface area contributed by atoms with Gasteiger partial charge >= 0.3 is 0 Å². The van der Waals surface area contributed by atoms with Gasteiger partial charge < -0.3 is 16.4 Å². The van der Waals surface area contributed by atoms with Crippen molar-refractivity contribution in [3.05, 3.63) is 53.3 Å². The number of para-hydroxylation sites is 1. The second-order valence-electron chi connectivity index (χ2n) is 6.76. The molecular formula is C20H26Cl2N6O2. The van der Waals surface area contributed by atoms with Gasteiger partial charge in [0.1, 0.15) is 0 Å². The number of hydrogen-bond acceptors (Lipinski definition) is 5. The molecular weight excluding hydrogens is 427 g/mol. The molecule has 0 bridgehead atoms. The van der Waals surface area contributed by atoms with Crippen molar-refractivity contribution in [1.29, 1.82) is 0 Å². The predicted molar refractivity (Wildman–Crippen MR) is 123 cm³/mol. The van der Waals surface area contributed by atoms with E-state index in [9.17, 15) is 9.59 Å². The average molecular weight is 453 g/mol. The summed E-state index contributed by atoms with van der Waals surface area (Å²) in [6, 6.07) is 8.79. The van der Waals surface area contributed by atoms with E-state index in [2.05, 4.69) is 20.7 Å². The minimum absolute atomic E-state index is 0. The largest absolute Gasteiger partial charge is 0.351 e. The SMILES string of the molecule is Cc1nc2c(cnn2C(C)C)cc1C(=O)Nc1ccccc1C(=O)NCCN.Cl.Cl. The first kappa shape index (κ1) is 25.4. The van der Waals surface area contributed by atoms with Gasteiger partial charge in [-0.25, -0.2) is 9.67 Å². The third-order valence-electron chi connectivity index (χ3n) is 4.34. The molecule has 0 saturated heterocycles. The van der Waals surface area contributed by atoms with E-state index in [1.165, 1.54) is 0 Å².